The number of esters is 1. The minimum Gasteiger partial charge on any atom is -0.468 e. The van der Waals surface area contributed by atoms with Crippen molar-refractivity contribution in [2.24, 2.45) is 5.92 Å². The number of carbonyl (C=O) groups excluding carboxylic acids is 3. The molecule has 1 heterocycles. The zero-order valence-electron chi connectivity index (χ0n) is 14.7. The maximum atomic E-state index is 13.2. The van der Waals surface area contributed by atoms with E-state index in [4.69, 9.17) is 11.6 Å². The van der Waals surface area contributed by atoms with Crippen molar-refractivity contribution in [3.05, 3.63) is 34.9 Å². The largest absolute Gasteiger partial charge is 0.468 e. The van der Waals surface area contributed by atoms with E-state index in [1.54, 1.807) is 29.2 Å². The monoisotopic (exact) mass is 378 g/mol. The lowest BCUT2D eigenvalue weighted by molar-refractivity contribution is -0.141. The number of nitrogens with one attached hydrogen (secondary N) is 1. The lowest BCUT2D eigenvalue weighted by atomic mass is 9.84. The first-order valence-corrected chi connectivity index (χ1v) is 9.32. The summed E-state index contributed by atoms with van der Waals surface area (Å²) in [4.78, 5) is 38.9. The summed E-state index contributed by atoms with van der Waals surface area (Å²) in [5, 5.41) is 3.09. The molecular weight excluding hydrogens is 356 g/mol. The molecular formula is C19H23ClN2O4. The zero-order valence-corrected chi connectivity index (χ0v) is 15.5. The third kappa shape index (κ3) is 3.85. The number of halogens is 1. The average molecular weight is 379 g/mol. The first-order chi connectivity index (χ1) is 12.5. The van der Waals surface area contributed by atoms with E-state index >= 15 is 0 Å². The molecule has 0 spiro atoms. The summed E-state index contributed by atoms with van der Waals surface area (Å²) < 4.78 is 4.57. The van der Waals surface area contributed by atoms with Crippen molar-refractivity contribution in [2.75, 3.05) is 13.7 Å². The standard InChI is InChI=1S/C19H23ClN2O4/c1-26-17(23)11-21-18(24)16-10-12-5-2-3-8-15(12)22(16)19(25)13-6-4-7-14(20)9-13/h4,6-7,9,12,15-16H,2-3,5,8,10-11H2,1H3,(H,21,24). The quantitative estimate of drug-likeness (QED) is 0.816. The molecule has 1 saturated heterocycles. The number of benzene rings is 1. The lowest BCUT2D eigenvalue weighted by Crippen LogP contribution is -2.50. The van der Waals surface area contributed by atoms with Crippen LogP contribution in [-0.2, 0) is 14.3 Å². The number of likely N-dealkylation sites (tertiary alicyclic amines) is 1. The Morgan fingerprint density at radius 2 is 2.04 bits per heavy atom. The van der Waals surface area contributed by atoms with Crippen molar-refractivity contribution in [2.45, 2.75) is 44.2 Å². The van der Waals surface area contributed by atoms with Crippen LogP contribution in [0.1, 0.15) is 42.5 Å². The molecule has 6 nitrogen and oxygen atoms in total. The molecule has 26 heavy (non-hydrogen) atoms. The molecule has 3 unspecified atom stereocenters. The molecule has 0 radical (unpaired) electrons. The van der Waals surface area contributed by atoms with Crippen LogP contribution in [0.5, 0.6) is 0 Å². The molecule has 2 amide bonds. The summed E-state index contributed by atoms with van der Waals surface area (Å²) in [6.07, 6.45) is 4.72. The molecule has 1 N–H and O–H groups in total. The smallest absolute Gasteiger partial charge is 0.325 e. The second-order valence-electron chi connectivity index (χ2n) is 6.88. The topological polar surface area (TPSA) is 75.7 Å². The Hall–Kier alpha value is -2.08. The van der Waals surface area contributed by atoms with Crippen LogP contribution < -0.4 is 5.32 Å². The van der Waals surface area contributed by atoms with E-state index in [2.05, 4.69) is 10.1 Å². The molecule has 1 saturated carbocycles. The lowest BCUT2D eigenvalue weighted by Gasteiger charge is -2.33. The molecule has 140 valence electrons. The van der Waals surface area contributed by atoms with Gasteiger partial charge in [0.25, 0.3) is 5.91 Å². The number of ether oxygens (including phenoxy) is 1. The maximum absolute atomic E-state index is 13.2. The Bertz CT molecular complexity index is 709. The van der Waals surface area contributed by atoms with Crippen LogP contribution in [0.15, 0.2) is 24.3 Å². The van der Waals surface area contributed by atoms with E-state index in [1.807, 2.05) is 0 Å². The van der Waals surface area contributed by atoms with Gasteiger partial charge in [-0.15, -0.1) is 0 Å². The van der Waals surface area contributed by atoms with Crippen LogP contribution in [0.25, 0.3) is 0 Å². The number of hydrogen-bond donors (Lipinski definition) is 1. The highest BCUT2D eigenvalue weighted by Crippen LogP contribution is 2.40. The van der Waals surface area contributed by atoms with E-state index in [1.165, 1.54) is 7.11 Å². The van der Waals surface area contributed by atoms with Crippen molar-refractivity contribution in [3.8, 4) is 0 Å². The van der Waals surface area contributed by atoms with Gasteiger partial charge in [0.05, 0.1) is 7.11 Å². The fraction of sp³-hybridized carbons (Fsp3) is 0.526. The number of carbonyl (C=O) groups is 3. The van der Waals surface area contributed by atoms with E-state index < -0.39 is 12.0 Å². The molecule has 2 aliphatic rings. The molecule has 3 atom stereocenters. The van der Waals surface area contributed by atoms with Gasteiger partial charge in [0.1, 0.15) is 12.6 Å². The van der Waals surface area contributed by atoms with Crippen LogP contribution in [0, 0.1) is 5.92 Å². The number of amides is 2. The Labute approximate surface area is 157 Å². The second kappa shape index (κ2) is 8.08. The highest BCUT2D eigenvalue weighted by atomic mass is 35.5. The van der Waals surface area contributed by atoms with E-state index in [9.17, 15) is 14.4 Å². The van der Waals surface area contributed by atoms with Gasteiger partial charge in [0, 0.05) is 16.6 Å². The normalized spacial score (nSPS) is 24.7. The Morgan fingerprint density at radius 1 is 1.27 bits per heavy atom. The predicted molar refractivity (Wildman–Crippen MR) is 96.8 cm³/mol. The molecule has 0 aromatic heterocycles. The average Bonchev–Trinajstić information content (AvgIpc) is 3.04. The SMILES string of the molecule is COC(=O)CNC(=O)C1CC2CCCCC2N1C(=O)c1cccc(Cl)c1. The van der Waals surface area contributed by atoms with Crippen molar-refractivity contribution in [1.29, 1.82) is 0 Å². The number of fused-ring (bicyclic) bond motifs is 1. The summed E-state index contributed by atoms with van der Waals surface area (Å²) in [5.41, 5.74) is 0.481. The summed E-state index contributed by atoms with van der Waals surface area (Å²) in [5.74, 6) is -0.678. The summed E-state index contributed by atoms with van der Waals surface area (Å²) in [6.45, 7) is -0.194. The van der Waals surface area contributed by atoms with E-state index in [0.29, 0.717) is 22.9 Å². The summed E-state index contributed by atoms with van der Waals surface area (Å²) >= 11 is 6.03. The van der Waals surface area contributed by atoms with Gasteiger partial charge in [-0.2, -0.15) is 0 Å². The molecule has 1 aliphatic heterocycles. The fourth-order valence-electron chi connectivity index (χ4n) is 4.11. The Morgan fingerprint density at radius 3 is 2.77 bits per heavy atom. The fourth-order valence-corrected chi connectivity index (χ4v) is 4.30. The highest BCUT2D eigenvalue weighted by molar-refractivity contribution is 6.31. The van der Waals surface area contributed by atoms with Gasteiger partial charge in [0.2, 0.25) is 5.91 Å². The maximum Gasteiger partial charge on any atom is 0.325 e. The van der Waals surface area contributed by atoms with Crippen LogP contribution in [0.2, 0.25) is 5.02 Å². The predicted octanol–water partition coefficient (Wildman–Crippen LogP) is 2.40. The van der Waals surface area contributed by atoms with Crippen LogP contribution in [-0.4, -0.2) is 48.4 Å². The molecule has 1 aromatic carbocycles. The van der Waals surface area contributed by atoms with Gasteiger partial charge in [-0.1, -0.05) is 30.5 Å². The Kier molecular flexibility index (Phi) is 5.81. The molecule has 2 fully saturated rings. The van der Waals surface area contributed by atoms with Gasteiger partial charge in [-0.25, -0.2) is 0 Å². The summed E-state index contributed by atoms with van der Waals surface area (Å²) in [6, 6.07) is 6.28. The number of nitrogens with zero attached hydrogens (tertiary/aromatic N) is 1. The second-order valence-corrected chi connectivity index (χ2v) is 7.32. The van der Waals surface area contributed by atoms with Crippen LogP contribution in [0.4, 0.5) is 0 Å². The van der Waals surface area contributed by atoms with Crippen LogP contribution >= 0.6 is 11.6 Å². The molecule has 7 heteroatoms. The number of rotatable bonds is 4. The van der Waals surface area contributed by atoms with Crippen LogP contribution in [0.3, 0.4) is 0 Å². The van der Waals surface area contributed by atoms with E-state index in [-0.39, 0.29) is 24.4 Å². The first kappa shape index (κ1) is 18.7. The third-order valence-electron chi connectivity index (χ3n) is 5.33. The van der Waals surface area contributed by atoms with Crippen molar-refractivity contribution >= 4 is 29.4 Å². The number of methoxy groups -OCH3 is 1. The molecule has 1 aromatic rings. The van der Waals surface area contributed by atoms with E-state index in [0.717, 1.165) is 25.7 Å². The third-order valence-corrected chi connectivity index (χ3v) is 5.57. The minimum atomic E-state index is -0.570. The van der Waals surface area contributed by atoms with Gasteiger partial charge in [-0.05, 0) is 43.4 Å². The molecule has 0 bridgehead atoms. The highest BCUT2D eigenvalue weighted by Gasteiger charge is 2.47. The van der Waals surface area contributed by atoms with Crippen molar-refractivity contribution in [1.82, 2.24) is 10.2 Å². The van der Waals surface area contributed by atoms with Gasteiger partial charge in [-0.3, -0.25) is 14.4 Å². The van der Waals surface area contributed by atoms with Gasteiger partial charge >= 0.3 is 5.97 Å². The van der Waals surface area contributed by atoms with Crippen molar-refractivity contribution < 1.29 is 19.1 Å². The molecule has 3 rings (SSSR count). The Balaban J connectivity index is 1.83. The zero-order chi connectivity index (χ0) is 18.7. The minimum absolute atomic E-state index is 0.0594. The summed E-state index contributed by atoms with van der Waals surface area (Å²) in [7, 11) is 1.27. The van der Waals surface area contributed by atoms with Crippen molar-refractivity contribution in [3.63, 3.8) is 0 Å². The molecule has 1 aliphatic carbocycles. The van der Waals surface area contributed by atoms with Gasteiger partial charge < -0.3 is 15.0 Å². The first-order valence-electron chi connectivity index (χ1n) is 8.94. The van der Waals surface area contributed by atoms with Gasteiger partial charge in [0.15, 0.2) is 0 Å². The number of hydrogen-bond acceptors (Lipinski definition) is 4.